The van der Waals surface area contributed by atoms with Gasteiger partial charge in [0, 0.05) is 12.0 Å². The monoisotopic (exact) mass is 267 g/mol. The summed E-state index contributed by atoms with van der Waals surface area (Å²) in [5, 5.41) is 5.66. The van der Waals surface area contributed by atoms with Crippen molar-refractivity contribution in [2.24, 2.45) is 5.92 Å². The molecule has 2 unspecified atom stereocenters. The third kappa shape index (κ3) is 2.95. The highest BCUT2D eigenvalue weighted by Gasteiger charge is 2.32. The SMILES string of the molecule is CNC(c1sccc1C)C(OC)C1CCCCC1. The Bertz CT molecular complexity index is 357. The molecule has 18 heavy (non-hydrogen) atoms. The molecule has 0 spiro atoms. The molecule has 1 fully saturated rings. The zero-order valence-corrected chi connectivity index (χ0v) is 12.6. The van der Waals surface area contributed by atoms with Crippen LogP contribution in [-0.4, -0.2) is 20.3 Å². The molecule has 1 aromatic rings. The van der Waals surface area contributed by atoms with E-state index in [2.05, 4.69) is 30.7 Å². The van der Waals surface area contributed by atoms with Crippen molar-refractivity contribution in [3.8, 4) is 0 Å². The Labute approximate surface area is 115 Å². The molecule has 0 aromatic carbocycles. The van der Waals surface area contributed by atoms with Crippen LogP contribution in [0.25, 0.3) is 0 Å². The maximum Gasteiger partial charge on any atom is 0.0802 e. The second kappa shape index (κ2) is 6.69. The highest BCUT2D eigenvalue weighted by Crippen LogP contribution is 2.36. The average molecular weight is 267 g/mol. The highest BCUT2D eigenvalue weighted by atomic mass is 32.1. The number of methoxy groups -OCH3 is 1. The molecule has 1 saturated carbocycles. The highest BCUT2D eigenvalue weighted by molar-refractivity contribution is 7.10. The molecule has 2 nitrogen and oxygen atoms in total. The van der Waals surface area contributed by atoms with E-state index in [1.165, 1.54) is 42.5 Å². The number of ether oxygens (including phenoxy) is 1. The maximum absolute atomic E-state index is 5.87. The maximum atomic E-state index is 5.87. The van der Waals surface area contributed by atoms with Crippen LogP contribution >= 0.6 is 11.3 Å². The summed E-state index contributed by atoms with van der Waals surface area (Å²) in [6.07, 6.45) is 7.08. The minimum absolute atomic E-state index is 0.313. The Kier molecular flexibility index (Phi) is 5.22. The molecule has 0 saturated heterocycles. The standard InChI is InChI=1S/C15H25NOS/c1-11-9-10-18-15(11)13(16-2)14(17-3)12-7-5-4-6-8-12/h9-10,12-14,16H,4-8H2,1-3H3. The summed E-state index contributed by atoms with van der Waals surface area (Å²) >= 11 is 1.85. The normalized spacial score (nSPS) is 20.8. The molecular weight excluding hydrogens is 242 g/mol. The first kappa shape index (κ1) is 14.0. The van der Waals surface area contributed by atoms with Crippen molar-refractivity contribution < 1.29 is 4.74 Å². The predicted octanol–water partition coefficient (Wildman–Crippen LogP) is 3.91. The van der Waals surface area contributed by atoms with Crippen LogP contribution in [0.3, 0.4) is 0 Å². The van der Waals surface area contributed by atoms with Gasteiger partial charge in [-0.2, -0.15) is 0 Å². The Morgan fingerprint density at radius 3 is 2.56 bits per heavy atom. The first-order chi connectivity index (χ1) is 8.77. The lowest BCUT2D eigenvalue weighted by molar-refractivity contribution is 0.0101. The average Bonchev–Trinajstić information content (AvgIpc) is 2.83. The molecule has 0 radical (unpaired) electrons. The van der Waals surface area contributed by atoms with Crippen LogP contribution in [0.1, 0.15) is 48.6 Å². The molecule has 1 N–H and O–H groups in total. The molecule has 0 bridgehead atoms. The molecule has 0 aliphatic heterocycles. The minimum atomic E-state index is 0.313. The molecular formula is C15H25NOS. The van der Waals surface area contributed by atoms with Gasteiger partial charge in [-0.1, -0.05) is 19.3 Å². The fourth-order valence-electron chi connectivity index (χ4n) is 3.21. The Morgan fingerprint density at radius 1 is 1.33 bits per heavy atom. The molecule has 2 atom stereocenters. The Hall–Kier alpha value is -0.380. The summed E-state index contributed by atoms with van der Waals surface area (Å²) in [6.45, 7) is 2.20. The number of hydrogen-bond donors (Lipinski definition) is 1. The minimum Gasteiger partial charge on any atom is -0.379 e. The van der Waals surface area contributed by atoms with Crippen molar-refractivity contribution in [1.29, 1.82) is 0 Å². The van der Waals surface area contributed by atoms with E-state index in [1.807, 2.05) is 18.4 Å². The van der Waals surface area contributed by atoms with Crippen molar-refractivity contribution in [2.75, 3.05) is 14.2 Å². The molecule has 1 aliphatic carbocycles. The zero-order chi connectivity index (χ0) is 13.0. The van der Waals surface area contributed by atoms with E-state index in [4.69, 9.17) is 4.74 Å². The predicted molar refractivity (Wildman–Crippen MR) is 78.2 cm³/mol. The number of aryl methyl sites for hydroxylation is 1. The van der Waals surface area contributed by atoms with Crippen molar-refractivity contribution >= 4 is 11.3 Å². The van der Waals surface area contributed by atoms with Crippen molar-refractivity contribution in [3.05, 3.63) is 21.9 Å². The van der Waals surface area contributed by atoms with Crippen LogP contribution in [0, 0.1) is 12.8 Å². The largest absolute Gasteiger partial charge is 0.379 e. The lowest BCUT2D eigenvalue weighted by Gasteiger charge is -2.34. The van der Waals surface area contributed by atoms with Crippen LogP contribution in [0.2, 0.25) is 0 Å². The third-order valence-corrected chi connectivity index (χ3v) is 5.31. The number of likely N-dealkylation sites (N-methyl/N-ethyl adjacent to an activating group) is 1. The van der Waals surface area contributed by atoms with Crippen molar-refractivity contribution in [1.82, 2.24) is 5.32 Å². The van der Waals surface area contributed by atoms with Gasteiger partial charge in [0.25, 0.3) is 0 Å². The summed E-state index contributed by atoms with van der Waals surface area (Å²) in [5.74, 6) is 0.711. The van der Waals surface area contributed by atoms with Gasteiger partial charge in [0.1, 0.15) is 0 Å². The number of hydrogen-bond acceptors (Lipinski definition) is 3. The lowest BCUT2D eigenvalue weighted by Crippen LogP contribution is -2.37. The summed E-state index contributed by atoms with van der Waals surface area (Å²) in [6, 6.07) is 2.55. The van der Waals surface area contributed by atoms with Crippen LogP contribution < -0.4 is 5.32 Å². The van der Waals surface area contributed by atoms with Crippen molar-refractivity contribution in [2.45, 2.75) is 51.2 Å². The summed E-state index contributed by atoms with van der Waals surface area (Å²) in [4.78, 5) is 1.44. The third-order valence-electron chi connectivity index (χ3n) is 4.21. The van der Waals surface area contributed by atoms with Crippen LogP contribution in [0.15, 0.2) is 11.4 Å². The summed E-state index contributed by atoms with van der Waals surface area (Å²) in [7, 11) is 3.92. The molecule has 1 aromatic heterocycles. The molecule has 3 heteroatoms. The zero-order valence-electron chi connectivity index (χ0n) is 11.7. The first-order valence-electron chi connectivity index (χ1n) is 7.02. The first-order valence-corrected chi connectivity index (χ1v) is 7.90. The van der Waals surface area contributed by atoms with Crippen molar-refractivity contribution in [3.63, 3.8) is 0 Å². The summed E-state index contributed by atoms with van der Waals surface area (Å²) < 4.78 is 5.87. The van der Waals surface area contributed by atoms with Crippen LogP contribution in [-0.2, 0) is 4.74 Å². The van der Waals surface area contributed by atoms with Gasteiger partial charge in [0.05, 0.1) is 12.1 Å². The van der Waals surface area contributed by atoms with Gasteiger partial charge in [0.15, 0.2) is 0 Å². The topological polar surface area (TPSA) is 21.3 Å². The Balaban J connectivity index is 2.15. The fourth-order valence-corrected chi connectivity index (χ4v) is 4.28. The number of nitrogens with one attached hydrogen (secondary N) is 1. The second-order valence-electron chi connectivity index (χ2n) is 5.33. The number of rotatable bonds is 5. The van der Waals surface area contributed by atoms with E-state index in [-0.39, 0.29) is 0 Å². The lowest BCUT2D eigenvalue weighted by atomic mass is 9.82. The van der Waals surface area contributed by atoms with Gasteiger partial charge < -0.3 is 10.1 Å². The fraction of sp³-hybridized carbons (Fsp3) is 0.733. The van der Waals surface area contributed by atoms with Gasteiger partial charge >= 0.3 is 0 Å². The van der Waals surface area contributed by atoms with Crippen LogP contribution in [0.5, 0.6) is 0 Å². The van der Waals surface area contributed by atoms with E-state index in [0.717, 1.165) is 0 Å². The van der Waals surface area contributed by atoms with Gasteiger partial charge in [-0.05, 0) is 49.7 Å². The van der Waals surface area contributed by atoms with Gasteiger partial charge in [-0.25, -0.2) is 0 Å². The molecule has 2 rings (SSSR count). The van der Waals surface area contributed by atoms with E-state index in [1.54, 1.807) is 0 Å². The van der Waals surface area contributed by atoms with E-state index >= 15 is 0 Å². The number of thiophene rings is 1. The van der Waals surface area contributed by atoms with Crippen LogP contribution in [0.4, 0.5) is 0 Å². The van der Waals surface area contributed by atoms with E-state index in [9.17, 15) is 0 Å². The smallest absolute Gasteiger partial charge is 0.0802 e. The molecule has 102 valence electrons. The second-order valence-corrected chi connectivity index (χ2v) is 6.28. The molecule has 0 amide bonds. The van der Waals surface area contributed by atoms with E-state index < -0.39 is 0 Å². The van der Waals surface area contributed by atoms with Gasteiger partial charge in [0.2, 0.25) is 0 Å². The molecule has 1 heterocycles. The van der Waals surface area contributed by atoms with Gasteiger partial charge in [-0.3, -0.25) is 0 Å². The van der Waals surface area contributed by atoms with Gasteiger partial charge in [-0.15, -0.1) is 11.3 Å². The Morgan fingerprint density at radius 2 is 2.06 bits per heavy atom. The summed E-state index contributed by atoms with van der Waals surface area (Å²) in [5.41, 5.74) is 1.39. The quantitative estimate of drug-likeness (QED) is 0.873. The molecule has 1 aliphatic rings. The van der Waals surface area contributed by atoms with E-state index in [0.29, 0.717) is 18.1 Å².